The minimum Gasteiger partial charge on any atom is -0.472 e. The van der Waals surface area contributed by atoms with E-state index in [9.17, 15) is 9.59 Å². The van der Waals surface area contributed by atoms with Gasteiger partial charge in [-0.05, 0) is 18.2 Å². The number of rotatable bonds is 5. The van der Waals surface area contributed by atoms with Crippen LogP contribution in [0.2, 0.25) is 0 Å². The molecule has 2 N–H and O–H groups in total. The van der Waals surface area contributed by atoms with Crippen LogP contribution in [-0.4, -0.2) is 27.4 Å². The Morgan fingerprint density at radius 1 is 1.28 bits per heavy atom. The van der Waals surface area contributed by atoms with Gasteiger partial charge in [0, 0.05) is 30.3 Å². The third kappa shape index (κ3) is 2.99. The van der Waals surface area contributed by atoms with E-state index in [1.807, 2.05) is 6.08 Å². The molecule has 0 saturated heterocycles. The summed E-state index contributed by atoms with van der Waals surface area (Å²) in [5.41, 5.74) is 2.95. The molecule has 1 amide bonds. The fourth-order valence-corrected chi connectivity index (χ4v) is 2.69. The van der Waals surface area contributed by atoms with Crippen LogP contribution in [0.5, 0.6) is 0 Å². The quantitative estimate of drug-likeness (QED) is 0.699. The molecule has 0 atom stereocenters. The van der Waals surface area contributed by atoms with Gasteiger partial charge in [0.1, 0.15) is 11.8 Å². The van der Waals surface area contributed by atoms with Crippen molar-refractivity contribution in [2.24, 2.45) is 4.99 Å². The normalized spacial score (nSPS) is 13.2. The van der Waals surface area contributed by atoms with Crippen LogP contribution in [0, 0.1) is 0 Å². The van der Waals surface area contributed by atoms with E-state index in [1.165, 1.54) is 12.5 Å². The number of aromatic nitrogens is 2. The fraction of sp³-hybridized carbons (Fsp3) is 0.111. The number of nitrogens with zero attached hydrogens (tertiary/aromatic N) is 2. The van der Waals surface area contributed by atoms with Gasteiger partial charge in [0.25, 0.3) is 5.91 Å². The Kier molecular flexibility index (Phi) is 3.74. The Hall–Kier alpha value is -3.48. The van der Waals surface area contributed by atoms with Crippen LogP contribution in [-0.2, 0) is 0 Å². The van der Waals surface area contributed by atoms with Gasteiger partial charge in [-0.15, -0.1) is 0 Å². The molecule has 25 heavy (non-hydrogen) atoms. The summed E-state index contributed by atoms with van der Waals surface area (Å²) in [5, 5.41) is 2.66. The molecule has 1 aliphatic rings. The Balaban J connectivity index is 1.60. The molecule has 4 rings (SSSR count). The van der Waals surface area contributed by atoms with Crippen molar-refractivity contribution in [1.82, 2.24) is 9.97 Å². The third-order valence-corrected chi connectivity index (χ3v) is 3.91. The summed E-state index contributed by atoms with van der Waals surface area (Å²) in [6, 6.07) is 6.88. The van der Waals surface area contributed by atoms with Crippen LogP contribution < -0.4 is 5.32 Å². The van der Waals surface area contributed by atoms with Gasteiger partial charge in [-0.2, -0.15) is 0 Å². The monoisotopic (exact) mass is 334 g/mol. The molecule has 0 aliphatic carbocycles. The first kappa shape index (κ1) is 15.1. The molecule has 0 spiro atoms. The van der Waals surface area contributed by atoms with Crippen LogP contribution in [0.1, 0.15) is 33.6 Å². The number of furan rings is 1. The first-order valence-electron chi connectivity index (χ1n) is 7.77. The second-order valence-electron chi connectivity index (χ2n) is 5.64. The first-order valence-corrected chi connectivity index (χ1v) is 7.77. The molecule has 7 nitrogen and oxygen atoms in total. The zero-order chi connectivity index (χ0) is 17.2. The average Bonchev–Trinajstić information content (AvgIpc) is 3.35. The van der Waals surface area contributed by atoms with E-state index >= 15 is 0 Å². The summed E-state index contributed by atoms with van der Waals surface area (Å²) in [5.74, 6) is -0.111. The lowest BCUT2D eigenvalue weighted by Crippen LogP contribution is -2.11. The SMILES string of the molecule is O=C(Nc1nc2c(C(=O)CC3=NC=CC3)cccc2[nH]1)c1ccoc1. The number of anilines is 1. The van der Waals surface area contributed by atoms with Crippen molar-refractivity contribution in [3.63, 3.8) is 0 Å². The highest BCUT2D eigenvalue weighted by molar-refractivity contribution is 6.15. The van der Waals surface area contributed by atoms with Crippen molar-refractivity contribution in [3.8, 4) is 0 Å². The Morgan fingerprint density at radius 2 is 2.20 bits per heavy atom. The van der Waals surface area contributed by atoms with Crippen LogP contribution in [0.3, 0.4) is 0 Å². The van der Waals surface area contributed by atoms with Gasteiger partial charge >= 0.3 is 0 Å². The number of allylic oxidation sites excluding steroid dienone is 1. The largest absolute Gasteiger partial charge is 0.472 e. The van der Waals surface area contributed by atoms with E-state index in [-0.39, 0.29) is 24.1 Å². The maximum atomic E-state index is 12.6. The van der Waals surface area contributed by atoms with E-state index in [0.29, 0.717) is 28.6 Å². The summed E-state index contributed by atoms with van der Waals surface area (Å²) in [6.07, 6.45) is 7.36. The molecule has 3 heterocycles. The van der Waals surface area contributed by atoms with E-state index < -0.39 is 0 Å². The number of benzene rings is 1. The molecule has 1 aromatic carbocycles. The Labute approximate surface area is 142 Å². The number of carbonyl (C=O) groups is 2. The third-order valence-electron chi connectivity index (χ3n) is 3.91. The highest BCUT2D eigenvalue weighted by Crippen LogP contribution is 2.21. The number of H-pyrrole nitrogens is 1. The van der Waals surface area contributed by atoms with Gasteiger partial charge in [-0.1, -0.05) is 12.1 Å². The number of hydrogen-bond donors (Lipinski definition) is 2. The van der Waals surface area contributed by atoms with Crippen LogP contribution in [0.15, 0.2) is 58.5 Å². The van der Waals surface area contributed by atoms with Crippen LogP contribution in [0.4, 0.5) is 5.95 Å². The van der Waals surface area contributed by atoms with Gasteiger partial charge in [0.05, 0.1) is 17.3 Å². The zero-order valence-corrected chi connectivity index (χ0v) is 13.2. The summed E-state index contributed by atoms with van der Waals surface area (Å²) < 4.78 is 4.89. The molecule has 0 unspecified atom stereocenters. The van der Waals surface area contributed by atoms with E-state index in [1.54, 1.807) is 30.5 Å². The number of fused-ring (bicyclic) bond motifs is 1. The van der Waals surface area contributed by atoms with Gasteiger partial charge in [0.15, 0.2) is 5.78 Å². The predicted octanol–water partition coefficient (Wildman–Crippen LogP) is 3.34. The highest BCUT2D eigenvalue weighted by atomic mass is 16.3. The van der Waals surface area contributed by atoms with Crippen molar-refractivity contribution >= 4 is 34.4 Å². The lowest BCUT2D eigenvalue weighted by atomic mass is 10.0. The summed E-state index contributed by atoms with van der Waals surface area (Å²) in [4.78, 5) is 36.2. The molecule has 0 bridgehead atoms. The lowest BCUT2D eigenvalue weighted by molar-refractivity contribution is 0.0999. The lowest BCUT2D eigenvalue weighted by Gasteiger charge is -2.01. The zero-order valence-electron chi connectivity index (χ0n) is 13.2. The van der Waals surface area contributed by atoms with Gasteiger partial charge in [0.2, 0.25) is 5.95 Å². The van der Waals surface area contributed by atoms with Gasteiger partial charge < -0.3 is 9.40 Å². The molecule has 2 aromatic heterocycles. The van der Waals surface area contributed by atoms with E-state index in [0.717, 1.165) is 5.71 Å². The second-order valence-corrected chi connectivity index (χ2v) is 5.64. The van der Waals surface area contributed by atoms with Crippen molar-refractivity contribution in [1.29, 1.82) is 0 Å². The van der Waals surface area contributed by atoms with Gasteiger partial charge in [-0.3, -0.25) is 19.9 Å². The maximum Gasteiger partial charge on any atom is 0.261 e. The smallest absolute Gasteiger partial charge is 0.261 e. The number of ketones is 1. The van der Waals surface area contributed by atoms with E-state index in [2.05, 4.69) is 20.3 Å². The molecule has 0 radical (unpaired) electrons. The number of amides is 1. The molecular weight excluding hydrogens is 320 g/mol. The standard InChI is InChI=1S/C18H14N4O3/c23-15(9-12-3-2-7-19-12)13-4-1-5-14-16(13)21-18(20-14)22-17(24)11-6-8-25-10-11/h1-2,4-8,10H,3,9H2,(H2,20,21,22,24). The Morgan fingerprint density at radius 3 is 2.96 bits per heavy atom. The maximum absolute atomic E-state index is 12.6. The molecule has 0 saturated carbocycles. The number of hydrogen-bond acceptors (Lipinski definition) is 5. The van der Waals surface area contributed by atoms with E-state index in [4.69, 9.17) is 4.42 Å². The molecule has 0 fully saturated rings. The number of carbonyl (C=O) groups excluding carboxylic acids is 2. The summed E-state index contributed by atoms with van der Waals surface area (Å²) >= 11 is 0. The van der Waals surface area contributed by atoms with Crippen molar-refractivity contribution in [3.05, 3.63) is 60.2 Å². The fourth-order valence-electron chi connectivity index (χ4n) is 2.69. The Bertz CT molecular complexity index is 1010. The molecule has 3 aromatic rings. The van der Waals surface area contributed by atoms with Crippen molar-refractivity contribution < 1.29 is 14.0 Å². The summed E-state index contributed by atoms with van der Waals surface area (Å²) in [6.45, 7) is 0. The number of nitrogens with one attached hydrogen (secondary N) is 2. The van der Waals surface area contributed by atoms with Crippen LogP contribution >= 0.6 is 0 Å². The second kappa shape index (κ2) is 6.20. The topological polar surface area (TPSA) is 100 Å². The molecule has 7 heteroatoms. The van der Waals surface area contributed by atoms with Gasteiger partial charge in [-0.25, -0.2) is 4.98 Å². The predicted molar refractivity (Wildman–Crippen MR) is 92.9 cm³/mol. The molecular formula is C18H14N4O3. The molecule has 1 aliphatic heterocycles. The minimum absolute atomic E-state index is 0.0488. The minimum atomic E-state index is -0.341. The van der Waals surface area contributed by atoms with Crippen LogP contribution in [0.25, 0.3) is 11.0 Å². The first-order chi connectivity index (χ1) is 12.2. The number of aliphatic imine (C=N–C) groups is 1. The molecule has 124 valence electrons. The number of aromatic amines is 1. The summed E-state index contributed by atoms with van der Waals surface area (Å²) in [7, 11) is 0. The number of para-hydroxylation sites is 1. The van der Waals surface area contributed by atoms with Crippen molar-refractivity contribution in [2.45, 2.75) is 12.8 Å². The number of Topliss-reactive ketones (excluding diaryl/α,β-unsaturated/α-hetero) is 1. The number of imidazole rings is 1. The highest BCUT2D eigenvalue weighted by Gasteiger charge is 2.17. The van der Waals surface area contributed by atoms with Crippen molar-refractivity contribution in [2.75, 3.05) is 5.32 Å². The average molecular weight is 334 g/mol.